The summed E-state index contributed by atoms with van der Waals surface area (Å²) in [4.78, 5) is 23.3. The van der Waals surface area contributed by atoms with Crippen LogP contribution in [0.2, 0.25) is 0 Å². The number of piperidine rings is 1. The Kier molecular flexibility index (Phi) is 3.22. The Morgan fingerprint density at radius 3 is 2.68 bits per heavy atom. The van der Waals surface area contributed by atoms with Gasteiger partial charge in [0.05, 0.1) is 19.3 Å². The zero-order valence-electron chi connectivity index (χ0n) is 10.9. The van der Waals surface area contributed by atoms with Crippen molar-refractivity contribution < 1.29 is 19.4 Å². The van der Waals surface area contributed by atoms with E-state index in [1.165, 1.54) is 0 Å². The van der Waals surface area contributed by atoms with Gasteiger partial charge in [-0.25, -0.2) is 0 Å². The van der Waals surface area contributed by atoms with Crippen LogP contribution >= 0.6 is 0 Å². The van der Waals surface area contributed by atoms with Crippen molar-refractivity contribution in [3.63, 3.8) is 0 Å². The minimum absolute atomic E-state index is 0.0173. The molecule has 3 fully saturated rings. The summed E-state index contributed by atoms with van der Waals surface area (Å²) in [5.41, 5.74) is 0.188. The summed E-state index contributed by atoms with van der Waals surface area (Å²) < 4.78 is 5.16. The van der Waals surface area contributed by atoms with Crippen LogP contribution in [0.1, 0.15) is 19.3 Å². The molecule has 2 saturated heterocycles. The lowest BCUT2D eigenvalue weighted by Crippen LogP contribution is -2.44. The van der Waals surface area contributed by atoms with Crippen LogP contribution in [0.4, 0.5) is 0 Å². The molecule has 3 rings (SSSR count). The van der Waals surface area contributed by atoms with Gasteiger partial charge in [-0.15, -0.1) is 0 Å². The molecule has 3 atom stereocenters. The summed E-state index contributed by atoms with van der Waals surface area (Å²) in [6, 6.07) is -0.371. The molecule has 1 aliphatic carbocycles. The van der Waals surface area contributed by atoms with E-state index >= 15 is 0 Å². The molecule has 3 N–H and O–H groups in total. The van der Waals surface area contributed by atoms with E-state index in [1.807, 2.05) is 0 Å². The van der Waals surface area contributed by atoms with Crippen LogP contribution < -0.4 is 10.6 Å². The smallest absolute Gasteiger partial charge is 0.311 e. The Hall–Kier alpha value is -1.14. The second kappa shape index (κ2) is 4.76. The van der Waals surface area contributed by atoms with E-state index in [1.54, 1.807) is 0 Å². The number of rotatable bonds is 3. The highest BCUT2D eigenvalue weighted by Crippen LogP contribution is 2.58. The number of carboxylic acids is 1. The third-order valence-electron chi connectivity index (χ3n) is 4.83. The van der Waals surface area contributed by atoms with E-state index in [0.29, 0.717) is 6.61 Å². The van der Waals surface area contributed by atoms with Gasteiger partial charge in [0.1, 0.15) is 5.92 Å². The van der Waals surface area contributed by atoms with Gasteiger partial charge in [0, 0.05) is 5.92 Å². The predicted molar refractivity (Wildman–Crippen MR) is 66.5 cm³/mol. The Morgan fingerprint density at radius 2 is 2.00 bits per heavy atom. The van der Waals surface area contributed by atoms with E-state index in [-0.39, 0.29) is 29.9 Å². The fourth-order valence-corrected chi connectivity index (χ4v) is 3.42. The first-order valence-electron chi connectivity index (χ1n) is 6.94. The minimum Gasteiger partial charge on any atom is -0.481 e. The Bertz CT molecular complexity index is 392. The van der Waals surface area contributed by atoms with E-state index in [9.17, 15) is 9.59 Å². The molecule has 6 heteroatoms. The van der Waals surface area contributed by atoms with Crippen LogP contribution in [0.25, 0.3) is 0 Å². The monoisotopic (exact) mass is 268 g/mol. The van der Waals surface area contributed by atoms with Crippen molar-refractivity contribution in [1.82, 2.24) is 10.6 Å². The van der Waals surface area contributed by atoms with Gasteiger partial charge >= 0.3 is 5.97 Å². The van der Waals surface area contributed by atoms with Gasteiger partial charge in [0.2, 0.25) is 5.91 Å². The van der Waals surface area contributed by atoms with Crippen molar-refractivity contribution in [2.24, 2.45) is 17.3 Å². The summed E-state index contributed by atoms with van der Waals surface area (Å²) in [5, 5.41) is 15.2. The molecular formula is C13H20N2O4. The predicted octanol–water partition coefficient (Wildman–Crippen LogP) is -0.408. The maximum absolute atomic E-state index is 12.2. The first-order valence-corrected chi connectivity index (χ1v) is 6.94. The van der Waals surface area contributed by atoms with E-state index in [4.69, 9.17) is 9.84 Å². The van der Waals surface area contributed by atoms with Crippen molar-refractivity contribution in [3.05, 3.63) is 0 Å². The van der Waals surface area contributed by atoms with Gasteiger partial charge in [0.25, 0.3) is 0 Å². The van der Waals surface area contributed by atoms with Crippen LogP contribution in [-0.4, -0.2) is 49.3 Å². The Balaban J connectivity index is 1.56. The highest BCUT2D eigenvalue weighted by Gasteiger charge is 2.58. The summed E-state index contributed by atoms with van der Waals surface area (Å²) >= 11 is 0. The van der Waals surface area contributed by atoms with Crippen LogP contribution in [0.3, 0.4) is 0 Å². The maximum atomic E-state index is 12.2. The standard InChI is InChI=1S/C13H20N2O4/c16-11(9-5-13(9)1-3-14-4-2-13)15-10-7-19-6-8(10)12(17)18/h8-10,14H,1-7H2,(H,15,16)(H,17,18). The SMILES string of the molecule is O=C(O)C1COCC1NC(=O)C1CC12CCNCC2. The van der Waals surface area contributed by atoms with Crippen LogP contribution in [0.5, 0.6) is 0 Å². The van der Waals surface area contributed by atoms with E-state index in [2.05, 4.69) is 10.6 Å². The molecule has 2 heterocycles. The summed E-state index contributed by atoms with van der Waals surface area (Å²) in [6.45, 7) is 2.46. The molecule has 3 unspecified atom stereocenters. The molecular weight excluding hydrogens is 248 g/mol. The minimum atomic E-state index is -0.893. The van der Waals surface area contributed by atoms with Crippen LogP contribution in [0, 0.1) is 17.3 Å². The quantitative estimate of drug-likeness (QED) is 0.648. The van der Waals surface area contributed by atoms with Crippen molar-refractivity contribution >= 4 is 11.9 Å². The summed E-state index contributed by atoms with van der Waals surface area (Å²) in [5.74, 6) is -1.41. The van der Waals surface area contributed by atoms with Crippen molar-refractivity contribution in [2.75, 3.05) is 26.3 Å². The molecule has 106 valence electrons. The third kappa shape index (κ3) is 2.34. The molecule has 3 aliphatic rings. The Morgan fingerprint density at radius 1 is 1.26 bits per heavy atom. The van der Waals surface area contributed by atoms with Gasteiger partial charge in [-0.1, -0.05) is 0 Å². The normalized spacial score (nSPS) is 36.1. The lowest BCUT2D eigenvalue weighted by Gasteiger charge is -2.24. The van der Waals surface area contributed by atoms with Gasteiger partial charge in [-0.3, -0.25) is 9.59 Å². The fourth-order valence-electron chi connectivity index (χ4n) is 3.42. The van der Waals surface area contributed by atoms with E-state index < -0.39 is 11.9 Å². The average molecular weight is 268 g/mol. The second-order valence-corrected chi connectivity index (χ2v) is 5.97. The number of nitrogens with one attached hydrogen (secondary N) is 2. The third-order valence-corrected chi connectivity index (χ3v) is 4.83. The van der Waals surface area contributed by atoms with Crippen molar-refractivity contribution in [1.29, 1.82) is 0 Å². The molecule has 0 aromatic heterocycles. The van der Waals surface area contributed by atoms with E-state index in [0.717, 1.165) is 32.4 Å². The second-order valence-electron chi connectivity index (χ2n) is 5.97. The number of carbonyl (C=O) groups excluding carboxylic acids is 1. The zero-order valence-corrected chi connectivity index (χ0v) is 10.9. The average Bonchev–Trinajstić information content (AvgIpc) is 2.86. The van der Waals surface area contributed by atoms with Crippen LogP contribution in [-0.2, 0) is 14.3 Å². The fraction of sp³-hybridized carbons (Fsp3) is 0.846. The summed E-state index contributed by atoms with van der Waals surface area (Å²) in [6.07, 6.45) is 3.05. The molecule has 1 saturated carbocycles. The number of aliphatic carboxylic acids is 1. The molecule has 1 amide bonds. The van der Waals surface area contributed by atoms with Crippen molar-refractivity contribution in [3.8, 4) is 0 Å². The summed E-state index contributed by atoms with van der Waals surface area (Å²) in [7, 11) is 0. The number of ether oxygens (including phenoxy) is 1. The van der Waals surface area contributed by atoms with Gasteiger partial charge in [-0.05, 0) is 37.8 Å². The van der Waals surface area contributed by atoms with Gasteiger partial charge in [-0.2, -0.15) is 0 Å². The van der Waals surface area contributed by atoms with Crippen LogP contribution in [0.15, 0.2) is 0 Å². The van der Waals surface area contributed by atoms with Gasteiger partial charge < -0.3 is 20.5 Å². The largest absolute Gasteiger partial charge is 0.481 e. The highest BCUT2D eigenvalue weighted by atomic mass is 16.5. The maximum Gasteiger partial charge on any atom is 0.311 e. The first kappa shape index (κ1) is 12.9. The molecule has 0 aromatic carbocycles. The number of hydrogen-bond acceptors (Lipinski definition) is 4. The molecule has 0 aromatic rings. The molecule has 6 nitrogen and oxygen atoms in total. The lowest BCUT2D eigenvalue weighted by molar-refractivity contribution is -0.142. The lowest BCUT2D eigenvalue weighted by atomic mass is 9.91. The number of carboxylic acid groups (broad SMARTS) is 1. The highest BCUT2D eigenvalue weighted by molar-refractivity contribution is 5.84. The molecule has 0 radical (unpaired) electrons. The number of hydrogen-bond donors (Lipinski definition) is 3. The molecule has 19 heavy (non-hydrogen) atoms. The molecule has 1 spiro atoms. The molecule has 0 bridgehead atoms. The Labute approximate surface area is 111 Å². The number of amides is 1. The van der Waals surface area contributed by atoms with Crippen molar-refractivity contribution in [2.45, 2.75) is 25.3 Å². The van der Waals surface area contributed by atoms with Gasteiger partial charge in [0.15, 0.2) is 0 Å². The first-order chi connectivity index (χ1) is 9.12. The topological polar surface area (TPSA) is 87.7 Å². The molecule has 2 aliphatic heterocycles. The number of carbonyl (C=O) groups is 2. The zero-order chi connectivity index (χ0) is 13.5.